The first-order chi connectivity index (χ1) is 11.5. The zero-order valence-corrected chi connectivity index (χ0v) is 13.2. The highest BCUT2D eigenvalue weighted by atomic mass is 16.2. The summed E-state index contributed by atoms with van der Waals surface area (Å²) in [6, 6.07) is 14.0. The predicted octanol–water partition coefficient (Wildman–Crippen LogP) is 1.86. The second kappa shape index (κ2) is 5.09. The highest BCUT2D eigenvalue weighted by molar-refractivity contribution is 5.86. The van der Waals surface area contributed by atoms with Crippen LogP contribution in [0, 0.1) is 0 Å². The molecular weight excluding hydrogens is 306 g/mol. The van der Waals surface area contributed by atoms with E-state index in [2.05, 4.69) is 15.3 Å². The van der Waals surface area contributed by atoms with Gasteiger partial charge in [0.2, 0.25) is 5.95 Å². The molecule has 0 bridgehead atoms. The van der Waals surface area contributed by atoms with Crippen molar-refractivity contribution in [1.82, 2.24) is 19.1 Å². The van der Waals surface area contributed by atoms with E-state index in [4.69, 9.17) is 0 Å². The number of hydrogen-bond acceptors (Lipinski definition) is 4. The molecule has 4 rings (SSSR count). The van der Waals surface area contributed by atoms with Crippen LogP contribution >= 0.6 is 0 Å². The lowest BCUT2D eigenvalue weighted by atomic mass is 10.1. The molecule has 0 saturated heterocycles. The van der Waals surface area contributed by atoms with Gasteiger partial charge in [-0.2, -0.15) is 4.98 Å². The summed E-state index contributed by atoms with van der Waals surface area (Å²) in [5, 5.41) is 5.39. The number of H-pyrrole nitrogens is 1. The van der Waals surface area contributed by atoms with Crippen LogP contribution in [-0.4, -0.2) is 19.1 Å². The first kappa shape index (κ1) is 14.3. The normalized spacial score (nSPS) is 11.2. The van der Waals surface area contributed by atoms with Crippen molar-refractivity contribution in [1.29, 1.82) is 0 Å². The van der Waals surface area contributed by atoms with E-state index in [0.717, 1.165) is 21.0 Å². The van der Waals surface area contributed by atoms with E-state index in [1.165, 1.54) is 11.6 Å². The molecule has 0 aliphatic heterocycles. The second-order valence-corrected chi connectivity index (χ2v) is 5.68. The molecule has 2 heterocycles. The topological polar surface area (TPSA) is 84.7 Å². The molecule has 0 amide bonds. The molecule has 0 saturated carbocycles. The maximum Gasteiger partial charge on any atom is 0.332 e. The molecule has 0 radical (unpaired) electrons. The number of anilines is 2. The van der Waals surface area contributed by atoms with E-state index in [1.54, 1.807) is 7.05 Å². The Balaban J connectivity index is 1.82. The maximum absolute atomic E-state index is 12.2. The van der Waals surface area contributed by atoms with Crippen molar-refractivity contribution in [2.24, 2.45) is 14.1 Å². The van der Waals surface area contributed by atoms with Crippen molar-refractivity contribution < 1.29 is 0 Å². The minimum Gasteiger partial charge on any atom is -0.326 e. The molecule has 4 aromatic rings. The van der Waals surface area contributed by atoms with Crippen molar-refractivity contribution in [2.75, 3.05) is 5.32 Å². The lowest BCUT2D eigenvalue weighted by Crippen LogP contribution is -2.36. The molecule has 0 aliphatic carbocycles. The van der Waals surface area contributed by atoms with Gasteiger partial charge in [-0.3, -0.25) is 13.9 Å². The summed E-state index contributed by atoms with van der Waals surface area (Å²) in [5.74, 6) is 0.415. The molecule has 7 heteroatoms. The van der Waals surface area contributed by atoms with Gasteiger partial charge < -0.3 is 10.3 Å². The van der Waals surface area contributed by atoms with Crippen molar-refractivity contribution in [3.63, 3.8) is 0 Å². The minimum absolute atomic E-state index is 0.294. The fraction of sp³-hybridized carbons (Fsp3) is 0.118. The molecule has 24 heavy (non-hydrogen) atoms. The number of fused-ring (bicyclic) bond motifs is 2. The van der Waals surface area contributed by atoms with Gasteiger partial charge in [0, 0.05) is 19.8 Å². The average Bonchev–Trinajstić information content (AvgIpc) is 3.02. The van der Waals surface area contributed by atoms with Gasteiger partial charge in [-0.15, -0.1) is 0 Å². The Morgan fingerprint density at radius 2 is 1.75 bits per heavy atom. The van der Waals surface area contributed by atoms with E-state index in [9.17, 15) is 9.59 Å². The van der Waals surface area contributed by atoms with E-state index >= 15 is 0 Å². The number of hydrogen-bond donors (Lipinski definition) is 2. The third kappa shape index (κ3) is 2.10. The first-order valence-corrected chi connectivity index (χ1v) is 7.46. The smallest absolute Gasteiger partial charge is 0.326 e. The number of benzene rings is 2. The molecule has 0 fully saturated rings. The summed E-state index contributed by atoms with van der Waals surface area (Å²) in [4.78, 5) is 31.4. The summed E-state index contributed by atoms with van der Waals surface area (Å²) in [6.45, 7) is 0. The molecule has 120 valence electrons. The summed E-state index contributed by atoms with van der Waals surface area (Å²) < 4.78 is 2.40. The highest BCUT2D eigenvalue weighted by Gasteiger charge is 2.13. The largest absolute Gasteiger partial charge is 0.332 e. The second-order valence-electron chi connectivity index (χ2n) is 5.68. The fourth-order valence-corrected chi connectivity index (χ4v) is 2.79. The lowest BCUT2D eigenvalue weighted by molar-refractivity contribution is 0.709. The highest BCUT2D eigenvalue weighted by Crippen LogP contribution is 2.21. The lowest BCUT2D eigenvalue weighted by Gasteiger charge is -2.04. The third-order valence-corrected chi connectivity index (χ3v) is 4.11. The quantitative estimate of drug-likeness (QED) is 0.590. The van der Waals surface area contributed by atoms with Gasteiger partial charge in [0.1, 0.15) is 0 Å². The van der Waals surface area contributed by atoms with Crippen LogP contribution in [0.5, 0.6) is 0 Å². The molecule has 0 atom stereocenters. The standard InChI is InChI=1S/C17H15N5O2/c1-21-14-13(15(23)22(2)17(21)24)19-16(20-14)18-12-8-7-10-5-3-4-6-11(10)9-12/h3-9H,1-2H3,(H2,18,19,20). The fourth-order valence-electron chi connectivity index (χ4n) is 2.79. The van der Waals surface area contributed by atoms with E-state index in [0.29, 0.717) is 17.1 Å². The molecule has 0 unspecified atom stereocenters. The van der Waals surface area contributed by atoms with Crippen LogP contribution in [0.1, 0.15) is 0 Å². The summed E-state index contributed by atoms with van der Waals surface area (Å²) >= 11 is 0. The zero-order valence-electron chi connectivity index (χ0n) is 13.2. The van der Waals surface area contributed by atoms with Crippen LogP contribution in [0.3, 0.4) is 0 Å². The monoisotopic (exact) mass is 321 g/mol. The number of aromatic amines is 1. The molecule has 2 aromatic heterocycles. The number of aryl methyl sites for hydroxylation is 1. The van der Waals surface area contributed by atoms with Gasteiger partial charge in [-0.1, -0.05) is 30.3 Å². The van der Waals surface area contributed by atoms with Crippen LogP contribution in [0.4, 0.5) is 11.6 Å². The SMILES string of the molecule is Cn1c(=O)c2[nH]c(Nc3ccc4ccccc4c3)nc2n(C)c1=O. The van der Waals surface area contributed by atoms with E-state index < -0.39 is 11.2 Å². The van der Waals surface area contributed by atoms with Crippen molar-refractivity contribution in [3.05, 3.63) is 63.3 Å². The Morgan fingerprint density at radius 3 is 2.54 bits per heavy atom. The minimum atomic E-state index is -0.406. The number of nitrogens with one attached hydrogen (secondary N) is 2. The van der Waals surface area contributed by atoms with E-state index in [1.807, 2.05) is 42.5 Å². The van der Waals surface area contributed by atoms with Gasteiger partial charge in [0.15, 0.2) is 11.2 Å². The van der Waals surface area contributed by atoms with Crippen molar-refractivity contribution in [3.8, 4) is 0 Å². The molecule has 2 aromatic carbocycles. The molecule has 7 nitrogen and oxygen atoms in total. The molecular formula is C17H15N5O2. The van der Waals surface area contributed by atoms with Gasteiger partial charge in [-0.05, 0) is 22.9 Å². The number of aromatic nitrogens is 4. The predicted molar refractivity (Wildman–Crippen MR) is 93.8 cm³/mol. The summed E-state index contributed by atoms with van der Waals surface area (Å²) in [6.07, 6.45) is 0. The van der Waals surface area contributed by atoms with Crippen molar-refractivity contribution >= 4 is 33.6 Å². The average molecular weight is 321 g/mol. The van der Waals surface area contributed by atoms with Crippen molar-refractivity contribution in [2.45, 2.75) is 0 Å². The Kier molecular flexibility index (Phi) is 3.02. The third-order valence-electron chi connectivity index (χ3n) is 4.11. The van der Waals surface area contributed by atoms with Crippen LogP contribution < -0.4 is 16.6 Å². The van der Waals surface area contributed by atoms with Crippen LogP contribution in [0.2, 0.25) is 0 Å². The van der Waals surface area contributed by atoms with Gasteiger partial charge >= 0.3 is 5.69 Å². The zero-order chi connectivity index (χ0) is 16.8. The molecule has 0 aliphatic rings. The summed E-state index contributed by atoms with van der Waals surface area (Å²) in [7, 11) is 3.03. The van der Waals surface area contributed by atoms with Crippen LogP contribution in [0.15, 0.2) is 52.1 Å². The Hall–Kier alpha value is -3.35. The van der Waals surface area contributed by atoms with Gasteiger partial charge in [-0.25, -0.2) is 4.79 Å². The van der Waals surface area contributed by atoms with Crippen LogP contribution in [0.25, 0.3) is 21.9 Å². The Morgan fingerprint density at radius 1 is 1.00 bits per heavy atom. The van der Waals surface area contributed by atoms with Gasteiger partial charge in [0.05, 0.1) is 0 Å². The number of imidazole rings is 1. The first-order valence-electron chi connectivity index (χ1n) is 7.46. The Labute approximate surface area is 136 Å². The van der Waals surface area contributed by atoms with Crippen LogP contribution in [-0.2, 0) is 14.1 Å². The molecule has 2 N–H and O–H groups in total. The molecule has 0 spiro atoms. The number of rotatable bonds is 2. The maximum atomic E-state index is 12.2. The van der Waals surface area contributed by atoms with E-state index in [-0.39, 0.29) is 0 Å². The van der Waals surface area contributed by atoms with Gasteiger partial charge in [0.25, 0.3) is 5.56 Å². The summed E-state index contributed by atoms with van der Waals surface area (Å²) in [5.41, 5.74) is 0.660. The number of nitrogens with zero attached hydrogens (tertiary/aromatic N) is 3. The Bertz CT molecular complexity index is 1200.